The van der Waals surface area contributed by atoms with Gasteiger partial charge in [-0.05, 0) is 26.7 Å². The highest BCUT2D eigenvalue weighted by Crippen LogP contribution is 2.20. The molecule has 0 amide bonds. The molecule has 0 aromatic heterocycles. The summed E-state index contributed by atoms with van der Waals surface area (Å²) in [6, 6.07) is 0.404. The summed E-state index contributed by atoms with van der Waals surface area (Å²) in [4.78, 5) is 11.9. The molecule has 4 nitrogen and oxygen atoms in total. The number of ether oxygens (including phenoxy) is 1. The molecule has 0 aromatic rings. The van der Waals surface area contributed by atoms with Crippen molar-refractivity contribution in [2.45, 2.75) is 32.7 Å². The zero-order chi connectivity index (χ0) is 11.4. The van der Waals surface area contributed by atoms with Crippen LogP contribution in [-0.2, 0) is 9.53 Å². The molecule has 0 aromatic carbocycles. The van der Waals surface area contributed by atoms with Crippen molar-refractivity contribution in [2.75, 3.05) is 6.61 Å². The minimum Gasteiger partial charge on any atom is -0.462 e. The smallest absolute Gasteiger partial charge is 0.342 e. The Bertz CT molecular complexity index is 305. The lowest BCUT2D eigenvalue weighted by Crippen LogP contribution is -2.31. The van der Waals surface area contributed by atoms with Crippen LogP contribution in [0.2, 0.25) is 0 Å². The van der Waals surface area contributed by atoms with Gasteiger partial charge in [0.1, 0.15) is 10.6 Å². The fourth-order valence-corrected chi connectivity index (χ4v) is 1.53. The average molecular weight is 228 g/mol. The molecular formula is C10H16N2O2S. The van der Waals surface area contributed by atoms with E-state index in [0.29, 0.717) is 28.9 Å². The molecule has 1 rings (SSSR count). The third-order valence-corrected chi connectivity index (χ3v) is 2.34. The molecule has 0 saturated heterocycles. The Labute approximate surface area is 94.9 Å². The summed E-state index contributed by atoms with van der Waals surface area (Å²) in [6.07, 6.45) is 2.19. The largest absolute Gasteiger partial charge is 0.462 e. The van der Waals surface area contributed by atoms with Crippen LogP contribution < -0.4 is 11.1 Å². The maximum atomic E-state index is 11.5. The number of hydrogen-bond acceptors (Lipinski definition) is 4. The third-order valence-electron chi connectivity index (χ3n) is 2.01. The van der Waals surface area contributed by atoms with Gasteiger partial charge >= 0.3 is 5.97 Å². The molecule has 0 heterocycles. The maximum Gasteiger partial charge on any atom is 0.342 e. The van der Waals surface area contributed by atoms with E-state index in [0.717, 1.165) is 12.8 Å². The molecule has 1 aliphatic carbocycles. The Balaban J connectivity index is 2.68. The number of carbonyl (C=O) groups is 1. The Morgan fingerprint density at radius 1 is 1.60 bits per heavy atom. The first-order chi connectivity index (χ1) is 7.06. The second-order valence-corrected chi connectivity index (χ2v) is 3.93. The molecule has 84 valence electrons. The molecule has 0 bridgehead atoms. The molecule has 0 radical (unpaired) electrons. The van der Waals surface area contributed by atoms with Gasteiger partial charge in [0, 0.05) is 11.7 Å². The van der Waals surface area contributed by atoms with Crippen LogP contribution in [0.1, 0.15) is 26.7 Å². The lowest BCUT2D eigenvalue weighted by atomic mass is 10.2. The van der Waals surface area contributed by atoms with Gasteiger partial charge in [0.05, 0.1) is 6.61 Å². The number of esters is 1. The number of allylic oxidation sites excluding steroid dienone is 1. The van der Waals surface area contributed by atoms with Gasteiger partial charge in [-0.25, -0.2) is 4.79 Å². The predicted octanol–water partition coefficient (Wildman–Crippen LogP) is 0.862. The van der Waals surface area contributed by atoms with Crippen molar-refractivity contribution in [3.8, 4) is 0 Å². The van der Waals surface area contributed by atoms with Gasteiger partial charge in [-0.3, -0.25) is 0 Å². The average Bonchev–Trinajstić information content (AvgIpc) is 2.87. The van der Waals surface area contributed by atoms with Gasteiger partial charge in [0.2, 0.25) is 0 Å². The van der Waals surface area contributed by atoms with Crippen LogP contribution >= 0.6 is 12.2 Å². The van der Waals surface area contributed by atoms with Crippen LogP contribution in [-0.4, -0.2) is 23.6 Å². The molecule has 1 fully saturated rings. The van der Waals surface area contributed by atoms with E-state index in [4.69, 9.17) is 22.7 Å². The summed E-state index contributed by atoms with van der Waals surface area (Å²) < 4.78 is 4.88. The summed E-state index contributed by atoms with van der Waals surface area (Å²) in [5.74, 6) is -0.448. The van der Waals surface area contributed by atoms with Crippen LogP contribution in [0.15, 0.2) is 11.3 Å². The van der Waals surface area contributed by atoms with E-state index in [2.05, 4.69) is 5.32 Å². The lowest BCUT2D eigenvalue weighted by Gasteiger charge is -2.11. The van der Waals surface area contributed by atoms with Gasteiger partial charge in [-0.2, -0.15) is 0 Å². The van der Waals surface area contributed by atoms with Crippen LogP contribution in [0.5, 0.6) is 0 Å². The highest BCUT2D eigenvalue weighted by atomic mass is 32.1. The zero-order valence-electron chi connectivity index (χ0n) is 9.00. The van der Waals surface area contributed by atoms with E-state index >= 15 is 0 Å². The number of thiocarbonyl (C=S) groups is 1. The van der Waals surface area contributed by atoms with Crippen molar-refractivity contribution >= 4 is 23.2 Å². The topological polar surface area (TPSA) is 64.3 Å². The van der Waals surface area contributed by atoms with Crippen molar-refractivity contribution in [1.29, 1.82) is 0 Å². The number of nitrogens with two attached hydrogens (primary N) is 1. The highest BCUT2D eigenvalue weighted by Gasteiger charge is 2.26. The van der Waals surface area contributed by atoms with Crippen molar-refractivity contribution in [3.63, 3.8) is 0 Å². The normalized spacial score (nSPS) is 16.7. The molecule has 0 unspecified atom stereocenters. The molecule has 0 aliphatic heterocycles. The minimum absolute atomic E-state index is 0.291. The van der Waals surface area contributed by atoms with Gasteiger partial charge in [0.15, 0.2) is 0 Å². The third kappa shape index (κ3) is 3.51. The van der Waals surface area contributed by atoms with Crippen molar-refractivity contribution < 1.29 is 9.53 Å². The fraction of sp³-hybridized carbons (Fsp3) is 0.600. The predicted molar refractivity (Wildman–Crippen MR) is 62.3 cm³/mol. The minimum atomic E-state index is -0.448. The van der Waals surface area contributed by atoms with Gasteiger partial charge in [0.25, 0.3) is 0 Å². The first kappa shape index (κ1) is 12.0. The van der Waals surface area contributed by atoms with E-state index in [1.54, 1.807) is 13.8 Å². The molecule has 3 N–H and O–H groups in total. The monoisotopic (exact) mass is 228 g/mol. The molecule has 0 atom stereocenters. The first-order valence-electron chi connectivity index (χ1n) is 5.00. The first-order valence-corrected chi connectivity index (χ1v) is 5.41. The van der Waals surface area contributed by atoms with E-state index in [1.165, 1.54) is 0 Å². The van der Waals surface area contributed by atoms with Gasteiger partial charge in [-0.15, -0.1) is 0 Å². The molecule has 0 spiro atoms. The fourth-order valence-electron chi connectivity index (χ4n) is 1.12. The van der Waals surface area contributed by atoms with Crippen LogP contribution in [0.25, 0.3) is 0 Å². The summed E-state index contributed by atoms with van der Waals surface area (Å²) in [5, 5.41) is 3.07. The summed E-state index contributed by atoms with van der Waals surface area (Å²) >= 11 is 5.11. The molecule has 5 heteroatoms. The van der Waals surface area contributed by atoms with E-state index < -0.39 is 5.97 Å². The summed E-state index contributed by atoms with van der Waals surface area (Å²) in [7, 11) is 0. The van der Waals surface area contributed by atoms with Crippen LogP contribution in [0, 0.1) is 0 Å². The number of nitrogens with one attached hydrogen (secondary N) is 1. The highest BCUT2D eigenvalue weighted by molar-refractivity contribution is 7.80. The maximum absolute atomic E-state index is 11.5. The SMILES string of the molecule is CCOC(=O)C(C(=S)NC1CC1)=C(C)N. The van der Waals surface area contributed by atoms with Crippen LogP contribution in [0.3, 0.4) is 0 Å². The van der Waals surface area contributed by atoms with E-state index in [1.807, 2.05) is 0 Å². The van der Waals surface area contributed by atoms with Gasteiger partial charge < -0.3 is 15.8 Å². The summed E-state index contributed by atoms with van der Waals surface area (Å²) in [5.41, 5.74) is 6.30. The number of hydrogen-bond donors (Lipinski definition) is 2. The number of rotatable bonds is 4. The quantitative estimate of drug-likeness (QED) is 0.424. The lowest BCUT2D eigenvalue weighted by molar-refractivity contribution is -0.137. The van der Waals surface area contributed by atoms with Crippen molar-refractivity contribution in [3.05, 3.63) is 11.3 Å². The Hall–Kier alpha value is -1.10. The van der Waals surface area contributed by atoms with E-state index in [-0.39, 0.29) is 0 Å². The molecule has 1 aliphatic rings. The second kappa shape index (κ2) is 5.11. The molecule has 15 heavy (non-hydrogen) atoms. The van der Waals surface area contributed by atoms with Crippen molar-refractivity contribution in [1.82, 2.24) is 5.32 Å². The number of carbonyl (C=O) groups excluding carboxylic acids is 1. The van der Waals surface area contributed by atoms with Crippen molar-refractivity contribution in [2.24, 2.45) is 5.73 Å². The molecular weight excluding hydrogens is 212 g/mol. The standard InChI is InChI=1S/C10H16N2O2S/c1-3-14-10(13)8(6(2)11)9(15)12-7-4-5-7/h7H,3-5,11H2,1-2H3,(H,12,15). The second-order valence-electron chi connectivity index (χ2n) is 3.53. The summed E-state index contributed by atoms with van der Waals surface area (Å²) in [6.45, 7) is 3.72. The van der Waals surface area contributed by atoms with Crippen LogP contribution in [0.4, 0.5) is 0 Å². The Kier molecular flexibility index (Phi) is 4.08. The van der Waals surface area contributed by atoms with Gasteiger partial charge in [-0.1, -0.05) is 12.2 Å². The van der Waals surface area contributed by atoms with E-state index in [9.17, 15) is 4.79 Å². The zero-order valence-corrected chi connectivity index (χ0v) is 9.82. The molecule has 1 saturated carbocycles. The Morgan fingerprint density at radius 3 is 2.60 bits per heavy atom. The Morgan fingerprint density at radius 2 is 2.20 bits per heavy atom.